The highest BCUT2D eigenvalue weighted by atomic mass is 16.5. The summed E-state index contributed by atoms with van der Waals surface area (Å²) in [5, 5.41) is 3.25. The average molecular weight is 383 g/mol. The Labute approximate surface area is 167 Å². The van der Waals surface area contributed by atoms with E-state index in [1.165, 1.54) is 24.0 Å². The minimum Gasteiger partial charge on any atom is -0.493 e. The van der Waals surface area contributed by atoms with Crippen LogP contribution in [-0.4, -0.2) is 38.6 Å². The molecule has 0 aliphatic heterocycles. The first-order chi connectivity index (χ1) is 13.5. The van der Waals surface area contributed by atoms with E-state index in [2.05, 4.69) is 36.5 Å². The fourth-order valence-electron chi connectivity index (χ4n) is 3.57. The van der Waals surface area contributed by atoms with Crippen LogP contribution in [0.25, 0.3) is 0 Å². The van der Waals surface area contributed by atoms with Gasteiger partial charge in [0.2, 0.25) is 5.91 Å². The Morgan fingerprint density at radius 3 is 2.46 bits per heavy atom. The van der Waals surface area contributed by atoms with Gasteiger partial charge in [0.05, 0.1) is 26.8 Å². The Morgan fingerprint density at radius 2 is 1.86 bits per heavy atom. The topological polar surface area (TPSA) is 50.8 Å². The van der Waals surface area contributed by atoms with Crippen LogP contribution < -0.4 is 14.8 Å². The lowest BCUT2D eigenvalue weighted by molar-refractivity contribution is -0.123. The van der Waals surface area contributed by atoms with E-state index in [4.69, 9.17) is 9.47 Å². The number of hydrogen-bond donors (Lipinski definition) is 1. The molecule has 1 N–H and O–H groups in total. The SMILES string of the molecule is COc1cccc(CN(C)CC(=O)NC(c2ccc(C)cc2)C2CC2)c1OC. The number of hydrogen-bond acceptors (Lipinski definition) is 4. The van der Waals surface area contributed by atoms with Gasteiger partial charge in [-0.3, -0.25) is 9.69 Å². The van der Waals surface area contributed by atoms with Gasteiger partial charge >= 0.3 is 0 Å². The summed E-state index contributed by atoms with van der Waals surface area (Å²) in [4.78, 5) is 14.7. The van der Waals surface area contributed by atoms with Gasteiger partial charge in [-0.15, -0.1) is 0 Å². The zero-order valence-corrected chi connectivity index (χ0v) is 17.2. The van der Waals surface area contributed by atoms with Crippen molar-refractivity contribution in [3.63, 3.8) is 0 Å². The summed E-state index contributed by atoms with van der Waals surface area (Å²) in [6, 6.07) is 14.4. The van der Waals surface area contributed by atoms with Gasteiger partial charge in [-0.2, -0.15) is 0 Å². The van der Waals surface area contributed by atoms with E-state index in [1.54, 1.807) is 14.2 Å². The number of likely N-dealkylation sites (N-methyl/N-ethyl adjacent to an activating group) is 1. The molecule has 0 saturated heterocycles. The molecule has 3 rings (SSSR count). The second-order valence-electron chi connectivity index (χ2n) is 7.62. The monoisotopic (exact) mass is 382 g/mol. The summed E-state index contributed by atoms with van der Waals surface area (Å²) in [6.07, 6.45) is 2.35. The third-order valence-electron chi connectivity index (χ3n) is 5.18. The van der Waals surface area contributed by atoms with Crippen LogP contribution in [0.3, 0.4) is 0 Å². The molecule has 150 valence electrons. The molecule has 1 fully saturated rings. The van der Waals surface area contributed by atoms with Gasteiger partial charge in [-0.1, -0.05) is 42.0 Å². The molecule has 2 aromatic carbocycles. The summed E-state index contributed by atoms with van der Waals surface area (Å²) in [7, 11) is 5.20. The minimum absolute atomic E-state index is 0.0434. The first-order valence-electron chi connectivity index (χ1n) is 9.76. The lowest BCUT2D eigenvalue weighted by Crippen LogP contribution is -2.37. The van der Waals surface area contributed by atoms with E-state index < -0.39 is 0 Å². The maximum Gasteiger partial charge on any atom is 0.234 e. The van der Waals surface area contributed by atoms with Crippen LogP contribution in [0.2, 0.25) is 0 Å². The van der Waals surface area contributed by atoms with Crippen molar-refractivity contribution in [2.24, 2.45) is 5.92 Å². The Morgan fingerprint density at radius 1 is 1.14 bits per heavy atom. The average Bonchev–Trinajstić information content (AvgIpc) is 3.51. The van der Waals surface area contributed by atoms with Gasteiger partial charge in [0.15, 0.2) is 11.5 Å². The standard InChI is InChI=1S/C23H30N2O3/c1-16-8-10-17(11-9-16)22(18-12-13-18)24-21(26)15-25(2)14-19-6-5-7-20(27-3)23(19)28-4/h5-11,18,22H,12-15H2,1-4H3,(H,24,26). The predicted octanol–water partition coefficient (Wildman–Crippen LogP) is 3.71. The third kappa shape index (κ3) is 5.04. The maximum absolute atomic E-state index is 12.7. The third-order valence-corrected chi connectivity index (χ3v) is 5.18. The zero-order valence-electron chi connectivity index (χ0n) is 17.2. The molecular formula is C23H30N2O3. The molecule has 0 radical (unpaired) electrons. The highest BCUT2D eigenvalue weighted by Crippen LogP contribution is 2.41. The van der Waals surface area contributed by atoms with Crippen LogP contribution in [0, 0.1) is 12.8 Å². The van der Waals surface area contributed by atoms with Crippen molar-refractivity contribution in [1.82, 2.24) is 10.2 Å². The number of para-hydroxylation sites is 1. The van der Waals surface area contributed by atoms with Crippen molar-refractivity contribution in [3.05, 3.63) is 59.2 Å². The Kier molecular flexibility index (Phi) is 6.57. The van der Waals surface area contributed by atoms with Crippen molar-refractivity contribution in [2.75, 3.05) is 27.8 Å². The van der Waals surface area contributed by atoms with Gasteiger partial charge in [-0.05, 0) is 44.4 Å². The normalized spacial score (nSPS) is 14.6. The highest BCUT2D eigenvalue weighted by Gasteiger charge is 2.33. The van der Waals surface area contributed by atoms with E-state index in [9.17, 15) is 4.79 Å². The Bertz CT molecular complexity index is 800. The van der Waals surface area contributed by atoms with Crippen LogP contribution in [0.5, 0.6) is 11.5 Å². The van der Waals surface area contributed by atoms with Gasteiger partial charge in [0, 0.05) is 12.1 Å². The van der Waals surface area contributed by atoms with Gasteiger partial charge in [-0.25, -0.2) is 0 Å². The first kappa shape index (κ1) is 20.2. The molecule has 5 heteroatoms. The molecule has 1 unspecified atom stereocenters. The quantitative estimate of drug-likeness (QED) is 0.718. The summed E-state index contributed by atoms with van der Waals surface area (Å²) < 4.78 is 10.9. The number of carbonyl (C=O) groups is 1. The molecular weight excluding hydrogens is 352 g/mol. The Balaban J connectivity index is 1.61. The summed E-state index contributed by atoms with van der Waals surface area (Å²) in [6.45, 7) is 3.01. The summed E-state index contributed by atoms with van der Waals surface area (Å²) in [5.74, 6) is 2.01. The van der Waals surface area contributed by atoms with Crippen molar-refractivity contribution in [2.45, 2.75) is 32.4 Å². The summed E-state index contributed by atoms with van der Waals surface area (Å²) >= 11 is 0. The molecule has 1 atom stereocenters. The van der Waals surface area contributed by atoms with E-state index in [-0.39, 0.29) is 11.9 Å². The van der Waals surface area contributed by atoms with Gasteiger partial charge < -0.3 is 14.8 Å². The Hall–Kier alpha value is -2.53. The number of methoxy groups -OCH3 is 2. The number of rotatable bonds is 9. The molecule has 5 nitrogen and oxygen atoms in total. The number of carbonyl (C=O) groups excluding carboxylic acids is 1. The first-order valence-corrected chi connectivity index (χ1v) is 9.76. The van der Waals surface area contributed by atoms with E-state index in [0.29, 0.717) is 30.5 Å². The number of nitrogens with zero attached hydrogens (tertiary/aromatic N) is 1. The van der Waals surface area contributed by atoms with Crippen molar-refractivity contribution in [1.29, 1.82) is 0 Å². The fourth-order valence-corrected chi connectivity index (χ4v) is 3.57. The van der Waals surface area contributed by atoms with Crippen molar-refractivity contribution in [3.8, 4) is 11.5 Å². The zero-order chi connectivity index (χ0) is 20.1. The van der Waals surface area contributed by atoms with Crippen molar-refractivity contribution < 1.29 is 14.3 Å². The molecule has 0 heterocycles. The minimum atomic E-state index is 0.0434. The van der Waals surface area contributed by atoms with Crippen LogP contribution in [-0.2, 0) is 11.3 Å². The second-order valence-corrected chi connectivity index (χ2v) is 7.62. The number of ether oxygens (including phenoxy) is 2. The van der Waals surface area contributed by atoms with Crippen LogP contribution >= 0.6 is 0 Å². The largest absolute Gasteiger partial charge is 0.493 e. The maximum atomic E-state index is 12.7. The predicted molar refractivity (Wildman–Crippen MR) is 111 cm³/mol. The molecule has 0 bridgehead atoms. The molecule has 1 saturated carbocycles. The van der Waals surface area contributed by atoms with Gasteiger partial charge in [0.1, 0.15) is 0 Å². The number of aryl methyl sites for hydroxylation is 1. The van der Waals surface area contributed by atoms with Crippen LogP contribution in [0.4, 0.5) is 0 Å². The lowest BCUT2D eigenvalue weighted by atomic mass is 10.0. The number of nitrogens with one attached hydrogen (secondary N) is 1. The van der Waals surface area contributed by atoms with E-state index in [0.717, 1.165) is 5.56 Å². The number of benzene rings is 2. The van der Waals surface area contributed by atoms with E-state index >= 15 is 0 Å². The molecule has 0 aromatic heterocycles. The summed E-state index contributed by atoms with van der Waals surface area (Å²) in [5.41, 5.74) is 3.42. The number of amides is 1. The van der Waals surface area contributed by atoms with Gasteiger partial charge in [0.25, 0.3) is 0 Å². The fraction of sp³-hybridized carbons (Fsp3) is 0.435. The lowest BCUT2D eigenvalue weighted by Gasteiger charge is -2.23. The van der Waals surface area contributed by atoms with Crippen molar-refractivity contribution >= 4 is 5.91 Å². The second kappa shape index (κ2) is 9.11. The molecule has 0 spiro atoms. The smallest absolute Gasteiger partial charge is 0.234 e. The molecule has 28 heavy (non-hydrogen) atoms. The molecule has 1 aliphatic rings. The highest BCUT2D eigenvalue weighted by molar-refractivity contribution is 5.78. The molecule has 1 amide bonds. The molecule has 2 aromatic rings. The van der Waals surface area contributed by atoms with E-state index in [1.807, 2.05) is 30.1 Å². The van der Waals surface area contributed by atoms with Crippen LogP contribution in [0.15, 0.2) is 42.5 Å². The molecule has 1 aliphatic carbocycles. The van der Waals surface area contributed by atoms with Crippen LogP contribution in [0.1, 0.15) is 35.6 Å².